The first kappa shape index (κ1) is 23.0. The number of quaternary nitrogens is 1. The molecule has 0 N–H and O–H groups in total. The van der Waals surface area contributed by atoms with Crippen LogP contribution < -0.4 is 0 Å². The molecule has 0 spiro atoms. The van der Waals surface area contributed by atoms with E-state index in [1.54, 1.807) is 0 Å². The Hall–Kier alpha value is -3.64. The first-order chi connectivity index (χ1) is 15.3. The Balaban J connectivity index is 0.000000668. The first-order valence-electron chi connectivity index (χ1n) is 10.6. The second-order valence-electron chi connectivity index (χ2n) is 8.55. The number of rotatable bonds is 6. The number of benzene rings is 2. The van der Waals surface area contributed by atoms with Crippen LogP contribution in [0.3, 0.4) is 0 Å². The van der Waals surface area contributed by atoms with Gasteiger partial charge in [0.1, 0.15) is 12.6 Å². The molecule has 2 atom stereocenters. The van der Waals surface area contributed by atoms with E-state index in [1.165, 1.54) is 22.2 Å². The van der Waals surface area contributed by atoms with Crippen molar-refractivity contribution in [3.05, 3.63) is 129 Å². The van der Waals surface area contributed by atoms with Gasteiger partial charge < -0.3 is 24.2 Å². The molecule has 166 valence electrons. The number of hydrogen-bond acceptors (Lipinski definition) is 3. The molecule has 2 aromatic heterocycles. The molecule has 2 heterocycles. The fraction of sp³-hybridized carbons (Fsp3) is 0.231. The second kappa shape index (κ2) is 10.1. The van der Waals surface area contributed by atoms with Gasteiger partial charge in [-0.15, -0.1) is 0 Å². The van der Waals surface area contributed by atoms with Crippen molar-refractivity contribution in [2.24, 2.45) is 0 Å². The average Bonchev–Trinajstić information content (AvgIpc) is 3.18. The van der Waals surface area contributed by atoms with E-state index < -0.39 is 5.09 Å². The molecule has 6 nitrogen and oxygen atoms in total. The molecule has 0 saturated heterocycles. The lowest BCUT2D eigenvalue weighted by Gasteiger charge is -2.41. The SMILES string of the molecule is CC(c1ccccc1)C(c1ccn2ccccc12)[N+](C)(C)Cc1ccccc1.O=[N+]([O-])[O-]. The zero-order chi connectivity index (χ0) is 23.1. The molecule has 4 aromatic rings. The highest BCUT2D eigenvalue weighted by atomic mass is 16.9. The maximum Gasteiger partial charge on any atom is 0.123 e. The monoisotopic (exact) mass is 431 g/mol. The molecule has 0 radical (unpaired) electrons. The molecule has 0 fully saturated rings. The summed E-state index contributed by atoms with van der Waals surface area (Å²) in [7, 11) is 4.73. The zero-order valence-corrected chi connectivity index (χ0v) is 18.7. The van der Waals surface area contributed by atoms with E-state index in [9.17, 15) is 0 Å². The summed E-state index contributed by atoms with van der Waals surface area (Å²) >= 11 is 0. The summed E-state index contributed by atoms with van der Waals surface area (Å²) in [6, 6.07) is 30.9. The van der Waals surface area contributed by atoms with Crippen molar-refractivity contribution < 1.29 is 9.57 Å². The van der Waals surface area contributed by atoms with Crippen LogP contribution in [0.5, 0.6) is 0 Å². The molecule has 0 bridgehead atoms. The van der Waals surface area contributed by atoms with E-state index in [4.69, 9.17) is 15.3 Å². The number of likely N-dealkylation sites (N-methyl/N-ethyl adjacent to an activating group) is 1. The smallest absolute Gasteiger partial charge is 0.123 e. The van der Waals surface area contributed by atoms with Crippen LogP contribution in [-0.4, -0.2) is 28.1 Å². The average molecular weight is 432 g/mol. The maximum atomic E-state index is 8.25. The standard InChI is InChI=1S/C26H29N2.NO3/c1-21(23-14-8-5-9-15-23)26(24-17-19-27-18-11-10-16-25(24)27)28(2,3)20-22-12-6-4-7-13-22;2-1(3)4/h4-19,21,26H,20H2,1-3H3;/q+1;-1. The number of fused-ring (bicyclic) bond motifs is 1. The lowest BCUT2D eigenvalue weighted by molar-refractivity contribution is -0.935. The third-order valence-corrected chi connectivity index (χ3v) is 5.90. The predicted molar refractivity (Wildman–Crippen MR) is 128 cm³/mol. The maximum absolute atomic E-state index is 8.25. The Labute approximate surface area is 188 Å². The highest BCUT2D eigenvalue weighted by Gasteiger charge is 2.37. The predicted octanol–water partition coefficient (Wildman–Crippen LogP) is 5.82. The van der Waals surface area contributed by atoms with Gasteiger partial charge in [-0.2, -0.15) is 0 Å². The van der Waals surface area contributed by atoms with Crippen molar-refractivity contribution in [1.29, 1.82) is 0 Å². The number of pyridine rings is 1. The first-order valence-corrected chi connectivity index (χ1v) is 10.6. The van der Waals surface area contributed by atoms with Crippen molar-refractivity contribution in [3.8, 4) is 0 Å². The van der Waals surface area contributed by atoms with E-state index in [-0.39, 0.29) is 0 Å². The van der Waals surface area contributed by atoms with Gasteiger partial charge in [0.25, 0.3) is 0 Å². The molecule has 4 rings (SSSR count). The largest absolute Gasteiger partial charge is 0.356 e. The summed E-state index contributed by atoms with van der Waals surface area (Å²) in [5.74, 6) is 0.395. The molecule has 6 heteroatoms. The van der Waals surface area contributed by atoms with Gasteiger partial charge in [0.05, 0.1) is 24.7 Å². The fourth-order valence-electron chi connectivity index (χ4n) is 4.67. The van der Waals surface area contributed by atoms with Crippen LogP contribution in [0.1, 0.15) is 35.6 Å². The lowest BCUT2D eigenvalue weighted by Crippen LogP contribution is -2.44. The van der Waals surface area contributed by atoms with Gasteiger partial charge in [0.2, 0.25) is 0 Å². The normalized spacial score (nSPS) is 13.1. The molecule has 0 aliphatic rings. The van der Waals surface area contributed by atoms with E-state index in [0.29, 0.717) is 12.0 Å². The molecule has 32 heavy (non-hydrogen) atoms. The highest BCUT2D eigenvalue weighted by Crippen LogP contribution is 2.41. The second-order valence-corrected chi connectivity index (χ2v) is 8.55. The minimum Gasteiger partial charge on any atom is -0.356 e. The van der Waals surface area contributed by atoms with Gasteiger partial charge in [0.15, 0.2) is 0 Å². The Morgan fingerprint density at radius 1 is 0.844 bits per heavy atom. The molecular weight excluding hydrogens is 402 g/mol. The number of aromatic nitrogens is 1. The number of nitrogens with zero attached hydrogens (tertiary/aromatic N) is 3. The van der Waals surface area contributed by atoms with Crippen LogP contribution in [0.2, 0.25) is 0 Å². The third-order valence-electron chi connectivity index (χ3n) is 5.90. The van der Waals surface area contributed by atoms with Crippen molar-refractivity contribution in [3.63, 3.8) is 0 Å². The van der Waals surface area contributed by atoms with Crippen molar-refractivity contribution in [1.82, 2.24) is 4.40 Å². The summed E-state index contributed by atoms with van der Waals surface area (Å²) in [5, 5.41) is 14.8. The summed E-state index contributed by atoms with van der Waals surface area (Å²) in [6.07, 6.45) is 4.33. The molecule has 2 unspecified atom stereocenters. The van der Waals surface area contributed by atoms with Gasteiger partial charge in [-0.05, 0) is 23.8 Å². The van der Waals surface area contributed by atoms with Crippen molar-refractivity contribution >= 4 is 5.52 Å². The van der Waals surface area contributed by atoms with Gasteiger partial charge >= 0.3 is 0 Å². The van der Waals surface area contributed by atoms with E-state index in [1.807, 2.05) is 0 Å². The van der Waals surface area contributed by atoms with Crippen LogP contribution in [-0.2, 0) is 6.54 Å². The van der Waals surface area contributed by atoms with Crippen molar-refractivity contribution in [2.75, 3.05) is 14.1 Å². The lowest BCUT2D eigenvalue weighted by atomic mass is 9.86. The Morgan fingerprint density at radius 3 is 2.03 bits per heavy atom. The Kier molecular flexibility index (Phi) is 7.28. The highest BCUT2D eigenvalue weighted by molar-refractivity contribution is 5.57. The van der Waals surface area contributed by atoms with Crippen LogP contribution in [0.25, 0.3) is 5.52 Å². The minimum absolute atomic E-state index is 0.343. The molecule has 0 aliphatic heterocycles. The van der Waals surface area contributed by atoms with Crippen LogP contribution >= 0.6 is 0 Å². The van der Waals surface area contributed by atoms with E-state index in [2.05, 4.69) is 123 Å². The summed E-state index contributed by atoms with van der Waals surface area (Å²) < 4.78 is 3.14. The fourth-order valence-corrected chi connectivity index (χ4v) is 4.67. The summed E-state index contributed by atoms with van der Waals surface area (Å²) in [4.78, 5) is 8.25. The van der Waals surface area contributed by atoms with Crippen LogP contribution in [0, 0.1) is 15.3 Å². The summed E-state index contributed by atoms with van der Waals surface area (Å²) in [6.45, 7) is 3.37. The molecule has 0 amide bonds. The van der Waals surface area contributed by atoms with Crippen LogP contribution in [0.4, 0.5) is 0 Å². The Morgan fingerprint density at radius 2 is 1.41 bits per heavy atom. The third kappa shape index (κ3) is 5.53. The molecular formula is C26H29N3O3. The molecule has 0 aliphatic carbocycles. The van der Waals surface area contributed by atoms with Gasteiger partial charge in [0, 0.05) is 29.4 Å². The molecule has 2 aromatic carbocycles. The van der Waals surface area contributed by atoms with Gasteiger partial charge in [-0.3, -0.25) is 0 Å². The van der Waals surface area contributed by atoms with Crippen LogP contribution in [0.15, 0.2) is 97.3 Å². The van der Waals surface area contributed by atoms with Gasteiger partial charge in [-0.1, -0.05) is 73.7 Å². The van der Waals surface area contributed by atoms with Crippen molar-refractivity contribution in [2.45, 2.75) is 25.4 Å². The Bertz CT molecular complexity index is 1140. The quantitative estimate of drug-likeness (QED) is 0.219. The van der Waals surface area contributed by atoms with E-state index in [0.717, 1.165) is 11.0 Å². The zero-order valence-electron chi connectivity index (χ0n) is 18.7. The minimum atomic E-state index is -1.75. The molecule has 0 saturated carbocycles. The topological polar surface area (TPSA) is 70.6 Å². The summed E-state index contributed by atoms with van der Waals surface area (Å²) in [5.41, 5.74) is 5.48. The van der Waals surface area contributed by atoms with E-state index >= 15 is 0 Å². The van der Waals surface area contributed by atoms with Gasteiger partial charge in [-0.25, -0.2) is 0 Å². The number of hydrogen-bond donors (Lipinski definition) is 0.